The summed E-state index contributed by atoms with van der Waals surface area (Å²) in [5, 5.41) is 0. The van der Waals surface area contributed by atoms with Crippen LogP contribution in [0.3, 0.4) is 0 Å². The van der Waals surface area contributed by atoms with E-state index < -0.39 is 0 Å². The Balaban J connectivity index is 2.49. The number of nitrogens with zero attached hydrogens (tertiary/aromatic N) is 3. The summed E-state index contributed by atoms with van der Waals surface area (Å²) in [6.45, 7) is 3.83. The third-order valence-corrected chi connectivity index (χ3v) is 3.05. The molecule has 0 spiro atoms. The van der Waals surface area contributed by atoms with E-state index in [1.54, 1.807) is 0 Å². The van der Waals surface area contributed by atoms with Gasteiger partial charge in [0.25, 0.3) is 0 Å². The molecule has 0 unspecified atom stereocenters. The van der Waals surface area contributed by atoms with Gasteiger partial charge in [-0.05, 0) is 26.0 Å². The van der Waals surface area contributed by atoms with E-state index in [4.69, 9.17) is 18.0 Å². The van der Waals surface area contributed by atoms with Crippen molar-refractivity contribution in [1.82, 2.24) is 9.97 Å². The first-order valence-corrected chi connectivity index (χ1v) is 6.34. The van der Waals surface area contributed by atoms with E-state index in [1.807, 2.05) is 56.1 Å². The fraction of sp³-hybridized carbons (Fsp3) is 0.214. The second kappa shape index (κ2) is 5.32. The minimum atomic E-state index is 0.380. The van der Waals surface area contributed by atoms with Gasteiger partial charge in [0.2, 0.25) is 0 Å². The first-order chi connectivity index (χ1) is 8.99. The second-order valence-corrected chi connectivity index (χ2v) is 4.79. The fourth-order valence-corrected chi connectivity index (χ4v) is 2.14. The Morgan fingerprint density at radius 3 is 2.53 bits per heavy atom. The zero-order chi connectivity index (χ0) is 14.0. The Kier molecular flexibility index (Phi) is 3.76. The van der Waals surface area contributed by atoms with Crippen molar-refractivity contribution in [3.05, 3.63) is 47.4 Å². The van der Waals surface area contributed by atoms with Crippen molar-refractivity contribution < 1.29 is 0 Å². The molecule has 5 heteroatoms. The summed E-state index contributed by atoms with van der Waals surface area (Å²) in [7, 11) is 1.94. The fourth-order valence-electron chi connectivity index (χ4n) is 1.97. The number of hydrogen-bond acceptors (Lipinski definition) is 4. The van der Waals surface area contributed by atoms with E-state index in [2.05, 4.69) is 9.97 Å². The number of aromatic nitrogens is 2. The molecule has 0 aliphatic rings. The lowest BCUT2D eigenvalue weighted by molar-refractivity contribution is 0.982. The smallest absolute Gasteiger partial charge is 0.136 e. The van der Waals surface area contributed by atoms with Gasteiger partial charge in [0.15, 0.2) is 0 Å². The van der Waals surface area contributed by atoms with Crippen LogP contribution in [0.1, 0.15) is 17.1 Å². The lowest BCUT2D eigenvalue weighted by Gasteiger charge is -2.21. The van der Waals surface area contributed by atoms with Crippen molar-refractivity contribution in [3.8, 4) is 0 Å². The summed E-state index contributed by atoms with van der Waals surface area (Å²) in [4.78, 5) is 11.1. The Morgan fingerprint density at radius 1 is 1.21 bits per heavy atom. The standard InChI is InChI=1S/C14H16N4S/c1-9-8-13(17-10(2)16-9)18(3)12-7-5-4-6-11(12)14(15)19/h4-8H,1-3H3,(H2,15,19). The lowest BCUT2D eigenvalue weighted by Crippen LogP contribution is -2.19. The van der Waals surface area contributed by atoms with Crippen LogP contribution in [0, 0.1) is 13.8 Å². The van der Waals surface area contributed by atoms with Gasteiger partial charge in [0.1, 0.15) is 16.6 Å². The minimum absolute atomic E-state index is 0.380. The van der Waals surface area contributed by atoms with Crippen molar-refractivity contribution in [2.45, 2.75) is 13.8 Å². The average Bonchev–Trinajstić information content (AvgIpc) is 2.36. The van der Waals surface area contributed by atoms with Crippen molar-refractivity contribution in [1.29, 1.82) is 0 Å². The molecule has 0 aliphatic heterocycles. The Morgan fingerprint density at radius 2 is 1.89 bits per heavy atom. The van der Waals surface area contributed by atoms with Gasteiger partial charge in [0, 0.05) is 24.4 Å². The highest BCUT2D eigenvalue weighted by Gasteiger charge is 2.12. The number of para-hydroxylation sites is 1. The van der Waals surface area contributed by atoms with E-state index in [0.717, 1.165) is 28.6 Å². The predicted molar refractivity (Wildman–Crippen MR) is 81.9 cm³/mol. The molecule has 0 saturated carbocycles. The summed E-state index contributed by atoms with van der Waals surface area (Å²) in [5.74, 6) is 1.57. The van der Waals surface area contributed by atoms with Crippen LogP contribution in [-0.4, -0.2) is 22.0 Å². The molecular formula is C14H16N4S. The van der Waals surface area contributed by atoms with Crippen molar-refractivity contribution in [2.24, 2.45) is 5.73 Å². The number of hydrogen-bond donors (Lipinski definition) is 1. The van der Waals surface area contributed by atoms with Crippen LogP contribution in [0.15, 0.2) is 30.3 Å². The second-order valence-electron chi connectivity index (χ2n) is 4.36. The first kappa shape index (κ1) is 13.4. The lowest BCUT2D eigenvalue weighted by atomic mass is 10.1. The Bertz CT molecular complexity index is 604. The van der Waals surface area contributed by atoms with Crippen LogP contribution in [0.2, 0.25) is 0 Å². The van der Waals surface area contributed by atoms with Gasteiger partial charge in [0.05, 0.1) is 5.69 Å². The highest BCUT2D eigenvalue weighted by molar-refractivity contribution is 7.80. The molecule has 19 heavy (non-hydrogen) atoms. The van der Waals surface area contributed by atoms with Crippen molar-refractivity contribution in [2.75, 3.05) is 11.9 Å². The largest absolute Gasteiger partial charge is 0.389 e. The molecule has 0 saturated heterocycles. The number of anilines is 2. The van der Waals surface area contributed by atoms with E-state index in [-0.39, 0.29) is 0 Å². The molecule has 0 aliphatic carbocycles. The summed E-state index contributed by atoms with van der Waals surface area (Å²) in [6.07, 6.45) is 0. The van der Waals surface area contributed by atoms with Crippen molar-refractivity contribution >= 4 is 28.7 Å². The van der Waals surface area contributed by atoms with Crippen LogP contribution in [0.4, 0.5) is 11.5 Å². The molecule has 4 nitrogen and oxygen atoms in total. The molecule has 1 aromatic heterocycles. The number of aryl methyl sites for hydroxylation is 2. The maximum Gasteiger partial charge on any atom is 0.136 e. The monoisotopic (exact) mass is 272 g/mol. The number of rotatable bonds is 3. The molecule has 2 rings (SSSR count). The SMILES string of the molecule is Cc1cc(N(C)c2ccccc2C(N)=S)nc(C)n1. The first-order valence-electron chi connectivity index (χ1n) is 5.94. The van der Waals surface area contributed by atoms with Crippen LogP contribution in [0.5, 0.6) is 0 Å². The molecule has 0 atom stereocenters. The molecule has 0 bridgehead atoms. The van der Waals surface area contributed by atoms with Gasteiger partial charge in [-0.1, -0.05) is 24.4 Å². The third kappa shape index (κ3) is 2.88. The molecule has 0 amide bonds. The number of benzene rings is 1. The van der Waals surface area contributed by atoms with E-state index in [0.29, 0.717) is 4.99 Å². The summed E-state index contributed by atoms with van der Waals surface area (Å²) < 4.78 is 0. The molecule has 98 valence electrons. The van der Waals surface area contributed by atoms with Gasteiger partial charge in [-0.15, -0.1) is 0 Å². The molecular weight excluding hydrogens is 256 g/mol. The molecule has 2 aromatic rings. The Labute approximate surface area is 118 Å². The van der Waals surface area contributed by atoms with Crippen LogP contribution in [-0.2, 0) is 0 Å². The van der Waals surface area contributed by atoms with Gasteiger partial charge in [-0.25, -0.2) is 9.97 Å². The van der Waals surface area contributed by atoms with Gasteiger partial charge >= 0.3 is 0 Å². The summed E-state index contributed by atoms with van der Waals surface area (Å²) in [5.41, 5.74) is 8.47. The topological polar surface area (TPSA) is 55.0 Å². The predicted octanol–water partition coefficient (Wildman–Crippen LogP) is 2.50. The van der Waals surface area contributed by atoms with Crippen LogP contribution < -0.4 is 10.6 Å². The highest BCUT2D eigenvalue weighted by atomic mass is 32.1. The molecule has 2 N–H and O–H groups in total. The van der Waals surface area contributed by atoms with E-state index in [9.17, 15) is 0 Å². The Hall–Kier alpha value is -2.01. The summed E-state index contributed by atoms with van der Waals surface area (Å²) >= 11 is 5.09. The van der Waals surface area contributed by atoms with Crippen LogP contribution in [0.25, 0.3) is 0 Å². The third-order valence-electron chi connectivity index (χ3n) is 2.83. The highest BCUT2D eigenvalue weighted by Crippen LogP contribution is 2.25. The zero-order valence-electron chi connectivity index (χ0n) is 11.2. The quantitative estimate of drug-likeness (QED) is 0.870. The van der Waals surface area contributed by atoms with Gasteiger partial charge < -0.3 is 10.6 Å². The minimum Gasteiger partial charge on any atom is -0.389 e. The number of nitrogens with two attached hydrogens (primary N) is 1. The average molecular weight is 272 g/mol. The molecule has 0 radical (unpaired) electrons. The molecule has 0 fully saturated rings. The maximum atomic E-state index is 5.76. The maximum absolute atomic E-state index is 5.76. The zero-order valence-corrected chi connectivity index (χ0v) is 12.0. The van der Waals surface area contributed by atoms with Gasteiger partial charge in [-0.3, -0.25) is 0 Å². The van der Waals surface area contributed by atoms with Crippen molar-refractivity contribution in [3.63, 3.8) is 0 Å². The number of thiocarbonyl (C=S) groups is 1. The molecule has 1 heterocycles. The normalized spacial score (nSPS) is 10.3. The van der Waals surface area contributed by atoms with E-state index >= 15 is 0 Å². The van der Waals surface area contributed by atoms with Crippen LogP contribution >= 0.6 is 12.2 Å². The van der Waals surface area contributed by atoms with E-state index in [1.165, 1.54) is 0 Å². The van der Waals surface area contributed by atoms with Gasteiger partial charge in [-0.2, -0.15) is 0 Å². The molecule has 1 aromatic carbocycles. The summed E-state index contributed by atoms with van der Waals surface area (Å²) in [6, 6.07) is 9.69.